The minimum atomic E-state index is 0.428. The van der Waals surface area contributed by atoms with Crippen molar-refractivity contribution in [3.8, 4) is 0 Å². The van der Waals surface area contributed by atoms with E-state index < -0.39 is 0 Å². The van der Waals surface area contributed by atoms with Gasteiger partial charge in [-0.1, -0.05) is 61.9 Å². The molecule has 0 saturated carbocycles. The van der Waals surface area contributed by atoms with Gasteiger partial charge in [0.05, 0.1) is 34.2 Å². The first-order valence-electron chi connectivity index (χ1n) is 8.94. The van der Waals surface area contributed by atoms with Crippen LogP contribution in [0, 0.1) is 13.8 Å². The van der Waals surface area contributed by atoms with Crippen LogP contribution in [0.5, 0.6) is 0 Å². The molecule has 0 N–H and O–H groups in total. The fraction of sp³-hybridized carbons (Fsp3) is 0.217. The molecule has 0 aliphatic heterocycles. The van der Waals surface area contributed by atoms with E-state index >= 15 is 0 Å². The van der Waals surface area contributed by atoms with Crippen LogP contribution in [0.3, 0.4) is 0 Å². The largest absolute Gasteiger partial charge is 0.454 e. The summed E-state index contributed by atoms with van der Waals surface area (Å²) in [5.41, 5.74) is 8.03. The van der Waals surface area contributed by atoms with Crippen molar-refractivity contribution in [1.82, 2.24) is 0 Å². The molecule has 0 atom stereocenters. The quantitative estimate of drug-likeness (QED) is 0.231. The van der Waals surface area contributed by atoms with E-state index in [1.807, 2.05) is 0 Å². The third-order valence-electron chi connectivity index (χ3n) is 4.93. The summed E-state index contributed by atoms with van der Waals surface area (Å²) in [5.74, 6) is 0.428. The average molecular weight is 455 g/mol. The van der Waals surface area contributed by atoms with E-state index in [1.165, 1.54) is 33.2 Å². The zero-order valence-electron chi connectivity index (χ0n) is 15.5. The van der Waals surface area contributed by atoms with Crippen molar-refractivity contribution in [2.75, 3.05) is 3.11 Å². The highest BCUT2D eigenvalue weighted by Gasteiger charge is 2.18. The van der Waals surface area contributed by atoms with E-state index in [0.29, 0.717) is 5.92 Å². The average Bonchev–Trinajstić information content (AvgIpc) is 2.99. The first-order valence-corrected chi connectivity index (χ1v) is 9.91. The molecule has 1 aromatic heterocycles. The minimum absolute atomic E-state index is 0.428. The van der Waals surface area contributed by atoms with Gasteiger partial charge in [-0.05, 0) is 43.0 Å². The fourth-order valence-electron chi connectivity index (χ4n) is 3.59. The lowest BCUT2D eigenvalue weighted by molar-refractivity contribution is 0.658. The Morgan fingerprint density at radius 2 is 1.54 bits per heavy atom. The Morgan fingerprint density at radius 1 is 0.846 bits per heavy atom. The molecule has 3 aromatic carbocycles. The third-order valence-corrected chi connectivity index (χ3v) is 5.97. The number of fused-ring (bicyclic) bond motifs is 3. The Hall–Kier alpha value is -2.01. The number of para-hydroxylation sites is 2. The first kappa shape index (κ1) is 17.4. The number of furan rings is 1. The number of benzene rings is 3. The van der Waals surface area contributed by atoms with Crippen molar-refractivity contribution >= 4 is 56.2 Å². The van der Waals surface area contributed by atoms with Gasteiger partial charge in [0.25, 0.3) is 0 Å². The van der Waals surface area contributed by atoms with E-state index in [1.54, 1.807) is 0 Å². The summed E-state index contributed by atoms with van der Waals surface area (Å²) >= 11 is 2.38. The molecule has 4 rings (SSSR count). The zero-order chi connectivity index (χ0) is 18.4. The number of hydrogen-bond acceptors (Lipinski definition) is 2. The molecule has 2 nitrogen and oxygen atoms in total. The molecule has 0 spiro atoms. The van der Waals surface area contributed by atoms with Gasteiger partial charge in [0.2, 0.25) is 0 Å². The molecule has 1 heterocycles. The Kier molecular flexibility index (Phi) is 4.43. The van der Waals surface area contributed by atoms with E-state index in [9.17, 15) is 0 Å². The van der Waals surface area contributed by atoms with Gasteiger partial charge in [-0.25, -0.2) is 0 Å². The molecule has 4 aromatic rings. The van der Waals surface area contributed by atoms with Crippen LogP contribution in [0.4, 0.5) is 11.4 Å². The molecule has 0 amide bonds. The molecule has 0 unspecified atom stereocenters. The van der Waals surface area contributed by atoms with Crippen molar-refractivity contribution in [2.45, 2.75) is 33.6 Å². The van der Waals surface area contributed by atoms with Crippen molar-refractivity contribution in [3.05, 3.63) is 71.3 Å². The van der Waals surface area contributed by atoms with Gasteiger partial charge in [0, 0.05) is 10.8 Å². The second-order valence-corrected chi connectivity index (χ2v) is 8.17. The molecule has 132 valence electrons. The zero-order valence-corrected chi connectivity index (χ0v) is 17.7. The maximum atomic E-state index is 6.44. The SMILES string of the molecule is Cc1ccc(N(I)c2cccc3c2oc2c(C(C)C)cccc23)c(C)c1. The van der Waals surface area contributed by atoms with Gasteiger partial charge in [0.15, 0.2) is 5.58 Å². The normalized spacial score (nSPS) is 11.6. The highest BCUT2D eigenvalue weighted by atomic mass is 127. The standard InChI is InChI=1S/C23H22INO/c1-14(2)17-7-5-8-18-19-9-6-10-21(23(19)26-22(17)18)25(24)20-12-11-15(3)13-16(20)4/h5-14H,1-4H3. The first-order chi connectivity index (χ1) is 12.5. The lowest BCUT2D eigenvalue weighted by Gasteiger charge is -2.19. The van der Waals surface area contributed by atoms with Gasteiger partial charge in [-0.15, -0.1) is 0 Å². The lowest BCUT2D eigenvalue weighted by Crippen LogP contribution is -2.03. The van der Waals surface area contributed by atoms with Crippen LogP contribution in [-0.2, 0) is 0 Å². The van der Waals surface area contributed by atoms with Crippen LogP contribution in [0.25, 0.3) is 21.9 Å². The second-order valence-electron chi connectivity index (χ2n) is 7.21. The lowest BCUT2D eigenvalue weighted by atomic mass is 10.0. The van der Waals surface area contributed by atoms with E-state index in [-0.39, 0.29) is 0 Å². The highest BCUT2D eigenvalue weighted by molar-refractivity contribution is 14.1. The third kappa shape index (κ3) is 2.78. The predicted octanol–water partition coefficient (Wildman–Crippen LogP) is 7.81. The highest BCUT2D eigenvalue weighted by Crippen LogP contribution is 2.42. The van der Waals surface area contributed by atoms with Crippen LogP contribution in [0.15, 0.2) is 59.0 Å². The fourth-order valence-corrected chi connectivity index (χ4v) is 4.51. The van der Waals surface area contributed by atoms with Gasteiger partial charge < -0.3 is 4.42 Å². The smallest absolute Gasteiger partial charge is 0.159 e. The molecule has 3 heteroatoms. The Balaban J connectivity index is 1.96. The van der Waals surface area contributed by atoms with Crippen LogP contribution in [0.2, 0.25) is 0 Å². The molecule has 26 heavy (non-hydrogen) atoms. The van der Waals surface area contributed by atoms with Crippen molar-refractivity contribution in [2.24, 2.45) is 0 Å². The molecule has 0 bridgehead atoms. The number of aryl methyl sites for hydroxylation is 2. The predicted molar refractivity (Wildman–Crippen MR) is 120 cm³/mol. The molecule has 0 aliphatic rings. The van der Waals surface area contributed by atoms with Crippen molar-refractivity contribution in [1.29, 1.82) is 0 Å². The van der Waals surface area contributed by atoms with Crippen molar-refractivity contribution in [3.63, 3.8) is 0 Å². The van der Waals surface area contributed by atoms with Crippen LogP contribution in [-0.4, -0.2) is 0 Å². The number of halogens is 1. The number of nitrogens with zero attached hydrogens (tertiary/aromatic N) is 1. The van der Waals surface area contributed by atoms with Crippen LogP contribution in [0.1, 0.15) is 36.5 Å². The van der Waals surface area contributed by atoms with Gasteiger partial charge in [0.1, 0.15) is 5.58 Å². The second kappa shape index (κ2) is 6.62. The number of hydrogen-bond donors (Lipinski definition) is 0. The molecular weight excluding hydrogens is 433 g/mol. The molecule has 0 radical (unpaired) electrons. The molecular formula is C23H22INO. The Labute approximate surface area is 168 Å². The summed E-state index contributed by atoms with van der Waals surface area (Å²) in [6.45, 7) is 8.71. The number of rotatable bonds is 3. The van der Waals surface area contributed by atoms with E-state index in [4.69, 9.17) is 4.42 Å². The summed E-state index contributed by atoms with van der Waals surface area (Å²) < 4.78 is 8.64. The Bertz CT molecular complexity index is 1110. The summed E-state index contributed by atoms with van der Waals surface area (Å²) in [6.07, 6.45) is 0. The summed E-state index contributed by atoms with van der Waals surface area (Å²) in [5, 5.41) is 2.37. The maximum absolute atomic E-state index is 6.44. The van der Waals surface area contributed by atoms with Crippen molar-refractivity contribution < 1.29 is 4.42 Å². The van der Waals surface area contributed by atoms with Crippen LogP contribution < -0.4 is 3.11 Å². The van der Waals surface area contributed by atoms with E-state index in [0.717, 1.165) is 16.9 Å². The minimum Gasteiger partial charge on any atom is -0.454 e. The maximum Gasteiger partial charge on any atom is 0.159 e. The summed E-state index contributed by atoms with van der Waals surface area (Å²) in [4.78, 5) is 0. The summed E-state index contributed by atoms with van der Waals surface area (Å²) in [7, 11) is 0. The molecule has 0 aliphatic carbocycles. The molecule has 0 saturated heterocycles. The topological polar surface area (TPSA) is 16.4 Å². The van der Waals surface area contributed by atoms with E-state index in [2.05, 4.69) is 108 Å². The van der Waals surface area contributed by atoms with Gasteiger partial charge in [-0.2, -0.15) is 0 Å². The molecule has 0 fully saturated rings. The van der Waals surface area contributed by atoms with Gasteiger partial charge in [-0.3, -0.25) is 3.11 Å². The number of anilines is 2. The van der Waals surface area contributed by atoms with Crippen LogP contribution >= 0.6 is 22.9 Å². The van der Waals surface area contributed by atoms with Gasteiger partial charge >= 0.3 is 0 Å². The summed E-state index contributed by atoms with van der Waals surface area (Å²) in [6, 6.07) is 19.4. The Morgan fingerprint density at radius 3 is 2.23 bits per heavy atom. The monoisotopic (exact) mass is 455 g/mol.